The number of hydrogen-bond donors (Lipinski definition) is 1. The van der Waals surface area contributed by atoms with Crippen molar-refractivity contribution in [1.29, 1.82) is 0 Å². The number of H-pyrrole nitrogens is 1. The Kier molecular flexibility index (Phi) is 4.08. The predicted molar refractivity (Wildman–Crippen MR) is 66.7 cm³/mol. The zero-order valence-electron chi connectivity index (χ0n) is 10.6. The maximum Gasteiger partial charge on any atom is 0.254 e. The molecular formula is C11H18N2O3S. The van der Waals surface area contributed by atoms with Crippen molar-refractivity contribution >= 4 is 9.84 Å². The summed E-state index contributed by atoms with van der Waals surface area (Å²) < 4.78 is 23.4. The Bertz CT molecular complexity index is 559. The number of rotatable bonds is 4. The van der Waals surface area contributed by atoms with Crippen LogP contribution in [0.25, 0.3) is 0 Å². The lowest BCUT2D eigenvalue weighted by molar-refractivity contribution is 0.584. The SMILES string of the molecule is CCc1c(C)nc(CS(=O)(=O)C(C)C)[nH]c1=O. The Morgan fingerprint density at radius 2 is 1.94 bits per heavy atom. The predicted octanol–water partition coefficient (Wildman–Crippen LogP) is 0.964. The standard InChI is InChI=1S/C11H18N2O3S/c1-5-9-8(4)12-10(13-11(9)14)6-17(15,16)7(2)3/h7H,5-6H2,1-4H3,(H,12,13,14). The van der Waals surface area contributed by atoms with Gasteiger partial charge in [-0.15, -0.1) is 0 Å². The van der Waals surface area contributed by atoms with Crippen molar-refractivity contribution in [1.82, 2.24) is 9.97 Å². The Morgan fingerprint density at radius 1 is 1.35 bits per heavy atom. The molecule has 0 unspecified atom stereocenters. The molecule has 0 spiro atoms. The van der Waals surface area contributed by atoms with Crippen molar-refractivity contribution in [3.63, 3.8) is 0 Å². The highest BCUT2D eigenvalue weighted by molar-refractivity contribution is 7.91. The van der Waals surface area contributed by atoms with E-state index in [0.717, 1.165) is 0 Å². The molecular weight excluding hydrogens is 240 g/mol. The zero-order valence-corrected chi connectivity index (χ0v) is 11.4. The van der Waals surface area contributed by atoms with Crippen molar-refractivity contribution < 1.29 is 8.42 Å². The number of sulfone groups is 1. The molecule has 1 N–H and O–H groups in total. The van der Waals surface area contributed by atoms with E-state index < -0.39 is 15.1 Å². The van der Waals surface area contributed by atoms with Crippen molar-refractivity contribution in [2.45, 2.75) is 45.1 Å². The number of aromatic amines is 1. The van der Waals surface area contributed by atoms with Crippen LogP contribution in [0.15, 0.2) is 4.79 Å². The Morgan fingerprint density at radius 3 is 2.35 bits per heavy atom. The van der Waals surface area contributed by atoms with Gasteiger partial charge in [-0.3, -0.25) is 4.79 Å². The van der Waals surface area contributed by atoms with Gasteiger partial charge in [-0.1, -0.05) is 6.92 Å². The molecule has 1 aromatic rings. The van der Waals surface area contributed by atoms with Gasteiger partial charge in [-0.25, -0.2) is 13.4 Å². The van der Waals surface area contributed by atoms with E-state index >= 15 is 0 Å². The summed E-state index contributed by atoms with van der Waals surface area (Å²) in [4.78, 5) is 18.3. The average Bonchev–Trinajstić information content (AvgIpc) is 2.15. The third kappa shape index (κ3) is 3.15. The largest absolute Gasteiger partial charge is 0.309 e. The highest BCUT2D eigenvalue weighted by atomic mass is 32.2. The van der Waals surface area contributed by atoms with Gasteiger partial charge < -0.3 is 4.98 Å². The van der Waals surface area contributed by atoms with Crippen LogP contribution in [0.5, 0.6) is 0 Å². The molecule has 6 heteroatoms. The van der Waals surface area contributed by atoms with Crippen molar-refractivity contribution in [3.05, 3.63) is 27.4 Å². The van der Waals surface area contributed by atoms with Gasteiger partial charge in [-0.05, 0) is 27.2 Å². The lowest BCUT2D eigenvalue weighted by Crippen LogP contribution is -2.23. The second kappa shape index (κ2) is 5.00. The number of aromatic nitrogens is 2. The van der Waals surface area contributed by atoms with Crippen LogP contribution in [-0.4, -0.2) is 23.6 Å². The van der Waals surface area contributed by atoms with Gasteiger partial charge in [0.1, 0.15) is 11.6 Å². The second-order valence-electron chi connectivity index (χ2n) is 4.29. The second-order valence-corrected chi connectivity index (χ2v) is 6.84. The third-order valence-electron chi connectivity index (χ3n) is 2.68. The molecule has 5 nitrogen and oxygen atoms in total. The molecule has 0 saturated carbocycles. The number of nitrogens with one attached hydrogen (secondary N) is 1. The third-order valence-corrected chi connectivity index (χ3v) is 4.79. The van der Waals surface area contributed by atoms with Gasteiger partial charge >= 0.3 is 0 Å². The summed E-state index contributed by atoms with van der Waals surface area (Å²) >= 11 is 0. The molecule has 1 rings (SSSR count). The van der Waals surface area contributed by atoms with Crippen LogP contribution in [-0.2, 0) is 22.0 Å². The van der Waals surface area contributed by atoms with Gasteiger partial charge in [0.05, 0.1) is 5.25 Å². The van der Waals surface area contributed by atoms with Gasteiger partial charge in [0.2, 0.25) is 0 Å². The molecule has 0 saturated heterocycles. The summed E-state index contributed by atoms with van der Waals surface area (Å²) in [7, 11) is -3.24. The summed E-state index contributed by atoms with van der Waals surface area (Å²) in [6.45, 7) is 6.81. The Balaban J connectivity index is 3.16. The molecule has 0 amide bonds. The molecule has 17 heavy (non-hydrogen) atoms. The average molecular weight is 258 g/mol. The lowest BCUT2D eigenvalue weighted by Gasteiger charge is -2.08. The van der Waals surface area contributed by atoms with Gasteiger partial charge in [0.15, 0.2) is 9.84 Å². The highest BCUT2D eigenvalue weighted by Crippen LogP contribution is 2.08. The minimum atomic E-state index is -3.24. The fourth-order valence-corrected chi connectivity index (χ4v) is 2.36. The van der Waals surface area contributed by atoms with Gasteiger partial charge in [-0.2, -0.15) is 0 Å². The van der Waals surface area contributed by atoms with Crippen LogP contribution >= 0.6 is 0 Å². The first-order valence-corrected chi connectivity index (χ1v) is 7.29. The summed E-state index contributed by atoms with van der Waals surface area (Å²) in [6.07, 6.45) is 0.589. The maximum absolute atomic E-state index is 11.7. The minimum absolute atomic E-state index is 0.218. The molecule has 0 aliphatic carbocycles. The van der Waals surface area contributed by atoms with Crippen LogP contribution < -0.4 is 5.56 Å². The maximum atomic E-state index is 11.7. The highest BCUT2D eigenvalue weighted by Gasteiger charge is 2.19. The van der Waals surface area contributed by atoms with Crippen LogP contribution in [0.2, 0.25) is 0 Å². The molecule has 0 aliphatic heterocycles. The summed E-state index contributed by atoms with van der Waals surface area (Å²) in [5.74, 6) is 0.00322. The van der Waals surface area contributed by atoms with E-state index in [9.17, 15) is 13.2 Å². The summed E-state index contributed by atoms with van der Waals surface area (Å²) in [5.41, 5.74) is 0.967. The molecule has 1 heterocycles. The van der Waals surface area contributed by atoms with Crippen LogP contribution in [0.1, 0.15) is 37.9 Å². The fraction of sp³-hybridized carbons (Fsp3) is 0.636. The minimum Gasteiger partial charge on any atom is -0.309 e. The molecule has 0 radical (unpaired) electrons. The molecule has 1 aromatic heterocycles. The molecule has 96 valence electrons. The van der Waals surface area contributed by atoms with E-state index in [1.165, 1.54) is 0 Å². The number of aryl methyl sites for hydroxylation is 1. The van der Waals surface area contributed by atoms with Gasteiger partial charge in [0.25, 0.3) is 5.56 Å². The quantitative estimate of drug-likeness (QED) is 0.872. The molecule has 0 aliphatic rings. The van der Waals surface area contributed by atoms with E-state index in [1.54, 1.807) is 20.8 Å². The lowest BCUT2D eigenvalue weighted by atomic mass is 10.2. The van der Waals surface area contributed by atoms with E-state index in [2.05, 4.69) is 9.97 Å². The first-order valence-electron chi connectivity index (χ1n) is 5.58. The van der Waals surface area contributed by atoms with E-state index in [4.69, 9.17) is 0 Å². The molecule has 0 atom stereocenters. The Labute approximate surface area is 101 Å². The van der Waals surface area contributed by atoms with E-state index in [0.29, 0.717) is 17.7 Å². The van der Waals surface area contributed by atoms with Crippen LogP contribution in [0.3, 0.4) is 0 Å². The monoisotopic (exact) mass is 258 g/mol. The van der Waals surface area contributed by atoms with Crippen molar-refractivity contribution in [2.24, 2.45) is 0 Å². The van der Waals surface area contributed by atoms with E-state index in [-0.39, 0.29) is 17.1 Å². The smallest absolute Gasteiger partial charge is 0.254 e. The van der Waals surface area contributed by atoms with Crippen molar-refractivity contribution in [3.8, 4) is 0 Å². The molecule has 0 fully saturated rings. The van der Waals surface area contributed by atoms with Crippen LogP contribution in [0.4, 0.5) is 0 Å². The first-order chi connectivity index (χ1) is 7.77. The Hall–Kier alpha value is -1.17. The number of hydrogen-bond acceptors (Lipinski definition) is 4. The topological polar surface area (TPSA) is 79.9 Å². The van der Waals surface area contributed by atoms with Crippen molar-refractivity contribution in [2.75, 3.05) is 0 Å². The fourth-order valence-electron chi connectivity index (χ4n) is 1.51. The first kappa shape index (κ1) is 13.9. The summed E-state index contributed by atoms with van der Waals surface area (Å²) in [6, 6.07) is 0. The zero-order chi connectivity index (χ0) is 13.2. The molecule has 0 aromatic carbocycles. The summed E-state index contributed by atoms with van der Waals surface area (Å²) in [5, 5.41) is -0.473. The molecule has 0 bridgehead atoms. The number of nitrogens with zero attached hydrogens (tertiary/aromatic N) is 1. The normalized spacial score (nSPS) is 12.1. The van der Waals surface area contributed by atoms with Gasteiger partial charge in [0, 0.05) is 11.3 Å². The van der Waals surface area contributed by atoms with Crippen LogP contribution in [0, 0.1) is 6.92 Å². The van der Waals surface area contributed by atoms with E-state index in [1.807, 2.05) is 6.92 Å².